The number of ether oxygens (including phenoxy) is 1. The topological polar surface area (TPSA) is 81.6 Å². The molecular weight excluding hydrogens is 218 g/mol. The Morgan fingerprint density at radius 3 is 2.59 bits per heavy atom. The molecule has 0 spiro atoms. The molecular formula is C12H21N3O2. The van der Waals surface area contributed by atoms with Crippen molar-refractivity contribution in [2.24, 2.45) is 17.4 Å². The summed E-state index contributed by atoms with van der Waals surface area (Å²) >= 11 is 0. The van der Waals surface area contributed by atoms with Crippen LogP contribution < -0.4 is 11.5 Å². The standard InChI is InChI=1S/C12H21N3O2/c1-10(11-3-2-8-17-9-11)12(16)15(6-4-13)7-5-14/h2-3,9-10H,4-8,13-14H2,1H3. The van der Waals surface area contributed by atoms with Gasteiger partial charge in [-0.3, -0.25) is 4.79 Å². The fraction of sp³-hybridized carbons (Fsp3) is 0.583. The fourth-order valence-corrected chi connectivity index (χ4v) is 1.73. The second kappa shape index (κ2) is 7.09. The molecule has 0 aromatic carbocycles. The minimum Gasteiger partial charge on any atom is -0.497 e. The number of carbonyl (C=O) groups is 1. The van der Waals surface area contributed by atoms with Crippen LogP contribution in [-0.4, -0.2) is 43.6 Å². The summed E-state index contributed by atoms with van der Waals surface area (Å²) in [6.07, 6.45) is 5.47. The van der Waals surface area contributed by atoms with E-state index in [0.29, 0.717) is 32.8 Å². The molecule has 5 heteroatoms. The van der Waals surface area contributed by atoms with E-state index in [1.165, 1.54) is 0 Å². The van der Waals surface area contributed by atoms with Gasteiger partial charge in [-0.2, -0.15) is 0 Å². The molecule has 0 saturated carbocycles. The van der Waals surface area contributed by atoms with Gasteiger partial charge >= 0.3 is 0 Å². The largest absolute Gasteiger partial charge is 0.497 e. The second-order valence-electron chi connectivity index (χ2n) is 3.98. The van der Waals surface area contributed by atoms with Crippen LogP contribution in [0.4, 0.5) is 0 Å². The molecule has 1 amide bonds. The SMILES string of the molecule is CC(C(=O)N(CCN)CCN)C1=COCC=C1. The first-order valence-corrected chi connectivity index (χ1v) is 5.87. The maximum Gasteiger partial charge on any atom is 0.230 e. The molecule has 17 heavy (non-hydrogen) atoms. The summed E-state index contributed by atoms with van der Waals surface area (Å²) in [6.45, 7) is 4.41. The fourth-order valence-electron chi connectivity index (χ4n) is 1.73. The van der Waals surface area contributed by atoms with E-state index in [9.17, 15) is 4.79 Å². The minimum atomic E-state index is -0.218. The van der Waals surface area contributed by atoms with Gasteiger partial charge in [-0.05, 0) is 18.6 Å². The average molecular weight is 239 g/mol. The zero-order valence-corrected chi connectivity index (χ0v) is 10.3. The van der Waals surface area contributed by atoms with Gasteiger partial charge < -0.3 is 21.1 Å². The summed E-state index contributed by atoms with van der Waals surface area (Å²) in [4.78, 5) is 13.9. The number of amides is 1. The van der Waals surface area contributed by atoms with Crippen LogP contribution in [-0.2, 0) is 9.53 Å². The summed E-state index contributed by atoms with van der Waals surface area (Å²) in [5.74, 6) is -0.174. The summed E-state index contributed by atoms with van der Waals surface area (Å²) in [5.41, 5.74) is 11.9. The monoisotopic (exact) mass is 239 g/mol. The highest BCUT2D eigenvalue weighted by atomic mass is 16.5. The molecule has 5 nitrogen and oxygen atoms in total. The molecule has 0 aromatic heterocycles. The Labute approximate surface area is 102 Å². The van der Waals surface area contributed by atoms with Crippen LogP contribution in [0.5, 0.6) is 0 Å². The van der Waals surface area contributed by atoms with Crippen molar-refractivity contribution in [2.45, 2.75) is 6.92 Å². The van der Waals surface area contributed by atoms with Gasteiger partial charge in [0.1, 0.15) is 6.61 Å². The Morgan fingerprint density at radius 1 is 1.47 bits per heavy atom. The van der Waals surface area contributed by atoms with Gasteiger partial charge in [0.05, 0.1) is 12.2 Å². The Balaban J connectivity index is 2.65. The molecule has 1 heterocycles. The predicted molar refractivity (Wildman–Crippen MR) is 67.0 cm³/mol. The lowest BCUT2D eigenvalue weighted by Crippen LogP contribution is -2.41. The van der Waals surface area contributed by atoms with Crippen molar-refractivity contribution in [3.05, 3.63) is 24.0 Å². The maximum atomic E-state index is 12.2. The number of hydrogen-bond acceptors (Lipinski definition) is 4. The molecule has 96 valence electrons. The van der Waals surface area contributed by atoms with E-state index in [4.69, 9.17) is 16.2 Å². The molecule has 0 aliphatic carbocycles. The summed E-state index contributed by atoms with van der Waals surface area (Å²) in [5, 5.41) is 0. The van der Waals surface area contributed by atoms with Crippen LogP contribution in [0.15, 0.2) is 24.0 Å². The number of hydrogen-bond donors (Lipinski definition) is 2. The van der Waals surface area contributed by atoms with Crippen molar-refractivity contribution in [1.82, 2.24) is 4.90 Å². The molecule has 0 bridgehead atoms. The second-order valence-corrected chi connectivity index (χ2v) is 3.98. The van der Waals surface area contributed by atoms with E-state index in [1.807, 2.05) is 19.1 Å². The lowest BCUT2D eigenvalue weighted by Gasteiger charge is -2.25. The van der Waals surface area contributed by atoms with E-state index in [-0.39, 0.29) is 11.8 Å². The lowest BCUT2D eigenvalue weighted by atomic mass is 9.99. The van der Waals surface area contributed by atoms with E-state index in [0.717, 1.165) is 5.57 Å². The van der Waals surface area contributed by atoms with Crippen LogP contribution in [0, 0.1) is 5.92 Å². The molecule has 0 radical (unpaired) electrons. The predicted octanol–water partition coefficient (Wildman–Crippen LogP) is -0.161. The van der Waals surface area contributed by atoms with Crippen LogP contribution in [0.25, 0.3) is 0 Å². The van der Waals surface area contributed by atoms with Gasteiger partial charge in [-0.1, -0.05) is 6.08 Å². The van der Waals surface area contributed by atoms with E-state index >= 15 is 0 Å². The molecule has 0 fully saturated rings. The average Bonchev–Trinajstić information content (AvgIpc) is 2.38. The third kappa shape index (κ3) is 3.87. The van der Waals surface area contributed by atoms with Crippen LogP contribution in [0.1, 0.15) is 6.92 Å². The van der Waals surface area contributed by atoms with Crippen molar-refractivity contribution in [3.63, 3.8) is 0 Å². The summed E-state index contributed by atoms with van der Waals surface area (Å²) in [7, 11) is 0. The highest BCUT2D eigenvalue weighted by Crippen LogP contribution is 2.17. The Bertz CT molecular complexity index is 307. The molecule has 1 rings (SSSR count). The smallest absolute Gasteiger partial charge is 0.230 e. The number of nitrogens with zero attached hydrogens (tertiary/aromatic N) is 1. The van der Waals surface area contributed by atoms with E-state index < -0.39 is 0 Å². The van der Waals surface area contributed by atoms with Crippen molar-refractivity contribution >= 4 is 5.91 Å². The summed E-state index contributed by atoms with van der Waals surface area (Å²) < 4.78 is 5.18. The highest BCUT2D eigenvalue weighted by Gasteiger charge is 2.22. The van der Waals surface area contributed by atoms with Gasteiger partial charge in [0.15, 0.2) is 0 Å². The molecule has 0 aromatic rings. The van der Waals surface area contributed by atoms with Crippen LogP contribution >= 0.6 is 0 Å². The van der Waals surface area contributed by atoms with E-state index in [1.54, 1.807) is 11.2 Å². The molecule has 1 aliphatic rings. The van der Waals surface area contributed by atoms with Gasteiger partial charge in [0.25, 0.3) is 0 Å². The number of allylic oxidation sites excluding steroid dienone is 1. The van der Waals surface area contributed by atoms with Crippen molar-refractivity contribution in [3.8, 4) is 0 Å². The van der Waals surface area contributed by atoms with E-state index in [2.05, 4.69) is 0 Å². The third-order valence-corrected chi connectivity index (χ3v) is 2.70. The zero-order valence-electron chi connectivity index (χ0n) is 10.3. The number of rotatable bonds is 6. The normalized spacial score (nSPS) is 16.1. The van der Waals surface area contributed by atoms with Gasteiger partial charge in [0.2, 0.25) is 5.91 Å². The Morgan fingerprint density at radius 2 is 2.12 bits per heavy atom. The van der Waals surface area contributed by atoms with Crippen molar-refractivity contribution in [2.75, 3.05) is 32.8 Å². The van der Waals surface area contributed by atoms with Crippen molar-refractivity contribution in [1.29, 1.82) is 0 Å². The number of carbonyl (C=O) groups excluding carboxylic acids is 1. The molecule has 1 atom stereocenters. The first-order valence-electron chi connectivity index (χ1n) is 5.87. The molecule has 0 saturated heterocycles. The Kier molecular flexibility index (Phi) is 5.72. The van der Waals surface area contributed by atoms with Crippen LogP contribution in [0.2, 0.25) is 0 Å². The molecule has 1 unspecified atom stereocenters. The number of nitrogens with two attached hydrogens (primary N) is 2. The third-order valence-electron chi connectivity index (χ3n) is 2.70. The summed E-state index contributed by atoms with van der Waals surface area (Å²) in [6, 6.07) is 0. The van der Waals surface area contributed by atoms with Crippen LogP contribution in [0.3, 0.4) is 0 Å². The molecule has 1 aliphatic heterocycles. The first-order chi connectivity index (χ1) is 8.20. The lowest BCUT2D eigenvalue weighted by molar-refractivity contribution is -0.133. The first kappa shape index (κ1) is 13.7. The molecule has 4 N–H and O–H groups in total. The van der Waals surface area contributed by atoms with Crippen molar-refractivity contribution < 1.29 is 9.53 Å². The zero-order chi connectivity index (χ0) is 12.7. The Hall–Kier alpha value is -1.33. The van der Waals surface area contributed by atoms with Gasteiger partial charge in [-0.15, -0.1) is 0 Å². The highest BCUT2D eigenvalue weighted by molar-refractivity contribution is 5.82. The minimum absolute atomic E-state index is 0.0438. The van der Waals surface area contributed by atoms with Gasteiger partial charge in [0, 0.05) is 26.2 Å². The maximum absolute atomic E-state index is 12.2. The van der Waals surface area contributed by atoms with Gasteiger partial charge in [-0.25, -0.2) is 0 Å². The quantitative estimate of drug-likeness (QED) is 0.675.